The van der Waals surface area contributed by atoms with Gasteiger partial charge >= 0.3 is 0 Å². The molecule has 1 aliphatic rings. The summed E-state index contributed by atoms with van der Waals surface area (Å²) in [4.78, 5) is 2.44. The standard InChI is InChI=1S/C16H25ClN2/c1-3-18-13(2)14-8-9-16(15(17)12-14)19-10-6-4-5-7-11-19/h8-9,12-13,18H,3-7,10-11H2,1-2H3. The number of anilines is 1. The average molecular weight is 281 g/mol. The van der Waals surface area contributed by atoms with Gasteiger partial charge in [0.1, 0.15) is 0 Å². The zero-order valence-electron chi connectivity index (χ0n) is 12.1. The third-order valence-corrected chi connectivity index (χ3v) is 4.23. The molecule has 19 heavy (non-hydrogen) atoms. The SMILES string of the molecule is CCNC(C)c1ccc(N2CCCCCC2)c(Cl)c1. The van der Waals surface area contributed by atoms with Gasteiger partial charge in [0.25, 0.3) is 0 Å². The van der Waals surface area contributed by atoms with E-state index in [0.717, 1.165) is 24.7 Å². The topological polar surface area (TPSA) is 15.3 Å². The van der Waals surface area contributed by atoms with Crippen molar-refractivity contribution in [1.82, 2.24) is 5.32 Å². The highest BCUT2D eigenvalue weighted by atomic mass is 35.5. The molecule has 1 aromatic carbocycles. The highest BCUT2D eigenvalue weighted by Crippen LogP contribution is 2.30. The van der Waals surface area contributed by atoms with Gasteiger partial charge in [-0.2, -0.15) is 0 Å². The summed E-state index contributed by atoms with van der Waals surface area (Å²) in [6.45, 7) is 7.57. The predicted octanol–water partition coefficient (Wildman–Crippen LogP) is 4.39. The van der Waals surface area contributed by atoms with Gasteiger partial charge in [-0.25, -0.2) is 0 Å². The maximum Gasteiger partial charge on any atom is 0.0642 e. The lowest BCUT2D eigenvalue weighted by Crippen LogP contribution is -2.24. The van der Waals surface area contributed by atoms with Crippen LogP contribution >= 0.6 is 11.6 Å². The molecule has 0 spiro atoms. The highest BCUT2D eigenvalue weighted by molar-refractivity contribution is 6.33. The number of hydrogen-bond acceptors (Lipinski definition) is 2. The lowest BCUT2D eigenvalue weighted by Gasteiger charge is -2.25. The van der Waals surface area contributed by atoms with Gasteiger partial charge in [0.05, 0.1) is 10.7 Å². The molecule has 0 bridgehead atoms. The van der Waals surface area contributed by atoms with Gasteiger partial charge in [0, 0.05) is 19.1 Å². The summed E-state index contributed by atoms with van der Waals surface area (Å²) in [5.74, 6) is 0. The third kappa shape index (κ3) is 3.87. The van der Waals surface area contributed by atoms with E-state index < -0.39 is 0 Å². The Morgan fingerprint density at radius 2 is 1.89 bits per heavy atom. The Morgan fingerprint density at radius 3 is 2.47 bits per heavy atom. The van der Waals surface area contributed by atoms with Gasteiger partial charge in [-0.05, 0) is 44.0 Å². The molecule has 1 N–H and O–H groups in total. The Bertz CT molecular complexity index is 398. The van der Waals surface area contributed by atoms with E-state index in [2.05, 4.69) is 42.3 Å². The van der Waals surface area contributed by atoms with E-state index in [1.807, 2.05) is 0 Å². The average Bonchev–Trinajstić information content (AvgIpc) is 2.67. The first-order chi connectivity index (χ1) is 9.22. The molecule has 0 aromatic heterocycles. The fourth-order valence-electron chi connectivity index (χ4n) is 2.78. The van der Waals surface area contributed by atoms with Crippen molar-refractivity contribution in [2.24, 2.45) is 0 Å². The smallest absolute Gasteiger partial charge is 0.0642 e. The highest BCUT2D eigenvalue weighted by Gasteiger charge is 2.14. The molecule has 1 fully saturated rings. The summed E-state index contributed by atoms with van der Waals surface area (Å²) >= 11 is 6.49. The van der Waals surface area contributed by atoms with Crippen LogP contribution in [0.4, 0.5) is 5.69 Å². The Balaban J connectivity index is 2.13. The normalized spacial score (nSPS) is 18.2. The Hall–Kier alpha value is -0.730. The van der Waals surface area contributed by atoms with Crippen LogP contribution in [0, 0.1) is 0 Å². The van der Waals surface area contributed by atoms with E-state index in [1.165, 1.54) is 36.9 Å². The molecular weight excluding hydrogens is 256 g/mol. The van der Waals surface area contributed by atoms with Crippen LogP contribution in [-0.4, -0.2) is 19.6 Å². The number of nitrogens with zero attached hydrogens (tertiary/aromatic N) is 1. The molecule has 1 atom stereocenters. The molecule has 106 valence electrons. The van der Waals surface area contributed by atoms with E-state index in [1.54, 1.807) is 0 Å². The van der Waals surface area contributed by atoms with Gasteiger partial charge in [0.15, 0.2) is 0 Å². The minimum atomic E-state index is 0.362. The summed E-state index contributed by atoms with van der Waals surface area (Å²) in [5.41, 5.74) is 2.47. The van der Waals surface area contributed by atoms with Crippen molar-refractivity contribution in [1.29, 1.82) is 0 Å². The van der Waals surface area contributed by atoms with Crippen molar-refractivity contribution in [3.8, 4) is 0 Å². The maximum atomic E-state index is 6.49. The Labute approximate surface area is 122 Å². The fourth-order valence-corrected chi connectivity index (χ4v) is 3.09. The Kier molecular flexibility index (Phi) is 5.53. The van der Waals surface area contributed by atoms with E-state index in [0.29, 0.717) is 6.04 Å². The first-order valence-corrected chi connectivity index (χ1v) is 7.88. The molecule has 2 nitrogen and oxygen atoms in total. The van der Waals surface area contributed by atoms with E-state index in [4.69, 9.17) is 11.6 Å². The van der Waals surface area contributed by atoms with Crippen LogP contribution in [0.25, 0.3) is 0 Å². The molecule has 1 aromatic rings. The van der Waals surface area contributed by atoms with Gasteiger partial charge in [-0.15, -0.1) is 0 Å². The number of nitrogens with one attached hydrogen (secondary N) is 1. The molecule has 2 rings (SSSR count). The van der Waals surface area contributed by atoms with E-state index in [9.17, 15) is 0 Å². The number of halogens is 1. The molecular formula is C16H25ClN2. The van der Waals surface area contributed by atoms with Crippen LogP contribution in [0.5, 0.6) is 0 Å². The molecule has 1 heterocycles. The molecule has 1 unspecified atom stereocenters. The summed E-state index contributed by atoms with van der Waals surface area (Å²) in [5, 5.41) is 4.32. The monoisotopic (exact) mass is 280 g/mol. The quantitative estimate of drug-likeness (QED) is 0.880. The van der Waals surface area contributed by atoms with Crippen LogP contribution < -0.4 is 10.2 Å². The summed E-state index contributed by atoms with van der Waals surface area (Å²) in [6.07, 6.45) is 5.27. The summed E-state index contributed by atoms with van der Waals surface area (Å²) in [6, 6.07) is 6.88. The molecule has 0 amide bonds. The zero-order valence-corrected chi connectivity index (χ0v) is 12.8. The molecule has 3 heteroatoms. The molecule has 1 aliphatic heterocycles. The van der Waals surface area contributed by atoms with E-state index in [-0.39, 0.29) is 0 Å². The van der Waals surface area contributed by atoms with Crippen LogP contribution in [-0.2, 0) is 0 Å². The second-order valence-corrected chi connectivity index (χ2v) is 5.80. The molecule has 0 saturated carbocycles. The van der Waals surface area contributed by atoms with Gasteiger partial charge in [-0.3, -0.25) is 0 Å². The lowest BCUT2D eigenvalue weighted by molar-refractivity contribution is 0.598. The first kappa shape index (κ1) is 14.7. The largest absolute Gasteiger partial charge is 0.370 e. The summed E-state index contributed by atoms with van der Waals surface area (Å²) < 4.78 is 0. The second-order valence-electron chi connectivity index (χ2n) is 5.39. The van der Waals surface area contributed by atoms with Crippen LogP contribution in [0.2, 0.25) is 5.02 Å². The second kappa shape index (κ2) is 7.16. The molecule has 1 saturated heterocycles. The minimum Gasteiger partial charge on any atom is -0.370 e. The maximum absolute atomic E-state index is 6.49. The van der Waals surface area contributed by atoms with Crippen molar-refractivity contribution in [3.63, 3.8) is 0 Å². The van der Waals surface area contributed by atoms with Crippen molar-refractivity contribution < 1.29 is 0 Å². The van der Waals surface area contributed by atoms with Crippen molar-refractivity contribution in [2.45, 2.75) is 45.6 Å². The van der Waals surface area contributed by atoms with Gasteiger partial charge in [0.2, 0.25) is 0 Å². The third-order valence-electron chi connectivity index (χ3n) is 3.93. The number of benzene rings is 1. The van der Waals surface area contributed by atoms with Gasteiger partial charge in [-0.1, -0.05) is 37.4 Å². The number of hydrogen-bond donors (Lipinski definition) is 1. The van der Waals surface area contributed by atoms with Crippen LogP contribution in [0.1, 0.15) is 51.1 Å². The van der Waals surface area contributed by atoms with Crippen LogP contribution in [0.15, 0.2) is 18.2 Å². The predicted molar refractivity (Wildman–Crippen MR) is 84.2 cm³/mol. The van der Waals surface area contributed by atoms with E-state index >= 15 is 0 Å². The van der Waals surface area contributed by atoms with Crippen molar-refractivity contribution in [3.05, 3.63) is 28.8 Å². The first-order valence-electron chi connectivity index (χ1n) is 7.50. The Morgan fingerprint density at radius 1 is 1.21 bits per heavy atom. The lowest BCUT2D eigenvalue weighted by atomic mass is 10.1. The zero-order chi connectivity index (χ0) is 13.7. The minimum absolute atomic E-state index is 0.362. The fraction of sp³-hybridized carbons (Fsp3) is 0.625. The molecule has 0 radical (unpaired) electrons. The van der Waals surface area contributed by atoms with Crippen LogP contribution in [0.3, 0.4) is 0 Å². The van der Waals surface area contributed by atoms with Gasteiger partial charge < -0.3 is 10.2 Å². The summed E-state index contributed by atoms with van der Waals surface area (Å²) in [7, 11) is 0. The number of rotatable bonds is 4. The van der Waals surface area contributed by atoms with Crippen molar-refractivity contribution >= 4 is 17.3 Å². The molecule has 0 aliphatic carbocycles. The van der Waals surface area contributed by atoms with Crippen molar-refractivity contribution in [2.75, 3.05) is 24.5 Å².